The maximum Gasteiger partial charge on any atom is 0.337 e. The van der Waals surface area contributed by atoms with E-state index < -0.39 is 5.97 Å². The summed E-state index contributed by atoms with van der Waals surface area (Å²) in [6.07, 6.45) is 0.921. The Hall–Kier alpha value is -2.49. The summed E-state index contributed by atoms with van der Waals surface area (Å²) in [5, 5.41) is 12.3. The van der Waals surface area contributed by atoms with E-state index in [1.165, 1.54) is 11.6 Å². The molecular formula is C16H18N2O2. The maximum absolute atomic E-state index is 10.9. The molecule has 2 rings (SSSR count). The van der Waals surface area contributed by atoms with Crippen molar-refractivity contribution in [3.63, 3.8) is 0 Å². The van der Waals surface area contributed by atoms with Gasteiger partial charge in [-0.15, -0.1) is 0 Å². The zero-order valence-corrected chi connectivity index (χ0v) is 11.3. The summed E-state index contributed by atoms with van der Waals surface area (Å²) >= 11 is 0. The highest BCUT2D eigenvalue weighted by Gasteiger charge is 2.11. The van der Waals surface area contributed by atoms with Crippen LogP contribution >= 0.6 is 0 Å². The fourth-order valence-electron chi connectivity index (χ4n) is 2.15. The van der Waals surface area contributed by atoms with Crippen LogP contribution in [0, 0.1) is 0 Å². The molecule has 0 saturated heterocycles. The van der Waals surface area contributed by atoms with Gasteiger partial charge in [-0.25, -0.2) is 4.79 Å². The second-order valence-electron chi connectivity index (χ2n) is 4.62. The van der Waals surface area contributed by atoms with E-state index in [1.54, 1.807) is 12.1 Å². The molecule has 0 aromatic heterocycles. The second-order valence-corrected chi connectivity index (χ2v) is 4.62. The van der Waals surface area contributed by atoms with Gasteiger partial charge in [-0.3, -0.25) is 0 Å². The van der Waals surface area contributed by atoms with Crippen molar-refractivity contribution in [2.45, 2.75) is 19.4 Å². The third kappa shape index (κ3) is 3.09. The van der Waals surface area contributed by atoms with E-state index in [9.17, 15) is 4.79 Å². The van der Waals surface area contributed by atoms with Gasteiger partial charge in [-0.2, -0.15) is 0 Å². The number of benzene rings is 2. The van der Waals surface area contributed by atoms with Crippen molar-refractivity contribution in [1.29, 1.82) is 0 Å². The van der Waals surface area contributed by atoms with Crippen LogP contribution in [-0.4, -0.2) is 11.1 Å². The van der Waals surface area contributed by atoms with Crippen molar-refractivity contribution in [2.75, 3.05) is 11.1 Å². The van der Waals surface area contributed by atoms with Crippen LogP contribution in [0.3, 0.4) is 0 Å². The van der Waals surface area contributed by atoms with Crippen LogP contribution in [0.2, 0.25) is 0 Å². The number of nitrogens with two attached hydrogens (primary N) is 1. The Bertz CT molecular complexity index is 597. The minimum absolute atomic E-state index is 0.128. The van der Waals surface area contributed by atoms with E-state index in [1.807, 2.05) is 18.2 Å². The number of aromatic carboxylic acids is 1. The molecule has 2 aromatic rings. The predicted molar refractivity (Wildman–Crippen MR) is 80.9 cm³/mol. The van der Waals surface area contributed by atoms with Crippen LogP contribution in [0.25, 0.3) is 0 Å². The van der Waals surface area contributed by atoms with Crippen LogP contribution in [0.5, 0.6) is 0 Å². The van der Waals surface area contributed by atoms with Crippen molar-refractivity contribution in [3.05, 3.63) is 59.7 Å². The number of carbonyl (C=O) groups is 1. The van der Waals surface area contributed by atoms with Gasteiger partial charge in [0.25, 0.3) is 0 Å². The minimum Gasteiger partial charge on any atom is -0.478 e. The van der Waals surface area contributed by atoms with Crippen LogP contribution in [0.1, 0.15) is 35.3 Å². The molecule has 4 heteroatoms. The summed E-state index contributed by atoms with van der Waals surface area (Å²) in [6.45, 7) is 2.10. The van der Waals surface area contributed by atoms with Crippen molar-refractivity contribution in [3.8, 4) is 0 Å². The standard InChI is InChI=1S/C16H18N2O2/c1-2-15(11-6-4-3-5-7-11)18-12-8-9-13(16(19)20)14(17)10-12/h3-10,15,18H,2,17H2,1H3,(H,19,20). The van der Waals surface area contributed by atoms with Crippen LogP contribution < -0.4 is 11.1 Å². The molecule has 1 unspecified atom stereocenters. The lowest BCUT2D eigenvalue weighted by atomic mass is 10.0. The van der Waals surface area contributed by atoms with Crippen molar-refractivity contribution >= 4 is 17.3 Å². The Balaban J connectivity index is 2.20. The van der Waals surface area contributed by atoms with Gasteiger partial charge in [-0.1, -0.05) is 37.3 Å². The van der Waals surface area contributed by atoms with Gasteiger partial charge in [0.1, 0.15) is 0 Å². The molecular weight excluding hydrogens is 252 g/mol. The van der Waals surface area contributed by atoms with Gasteiger partial charge in [0.2, 0.25) is 0 Å². The van der Waals surface area contributed by atoms with E-state index >= 15 is 0 Å². The average Bonchev–Trinajstić information content (AvgIpc) is 2.45. The third-order valence-corrected chi connectivity index (χ3v) is 3.23. The Morgan fingerprint density at radius 1 is 1.25 bits per heavy atom. The van der Waals surface area contributed by atoms with E-state index in [2.05, 4.69) is 24.4 Å². The first-order chi connectivity index (χ1) is 9.61. The largest absolute Gasteiger partial charge is 0.478 e. The lowest BCUT2D eigenvalue weighted by Gasteiger charge is -2.19. The summed E-state index contributed by atoms with van der Waals surface area (Å²) in [7, 11) is 0. The first-order valence-corrected chi connectivity index (χ1v) is 6.56. The molecule has 0 heterocycles. The fraction of sp³-hybridized carbons (Fsp3) is 0.188. The fourth-order valence-corrected chi connectivity index (χ4v) is 2.15. The summed E-state index contributed by atoms with van der Waals surface area (Å²) in [5.41, 5.74) is 8.17. The Kier molecular flexibility index (Phi) is 4.25. The van der Waals surface area contributed by atoms with E-state index in [0.717, 1.165) is 12.1 Å². The van der Waals surface area contributed by atoms with Crippen LogP contribution in [-0.2, 0) is 0 Å². The number of anilines is 2. The summed E-state index contributed by atoms with van der Waals surface area (Å²) in [5.74, 6) is -1.01. The average molecular weight is 270 g/mol. The zero-order valence-electron chi connectivity index (χ0n) is 11.3. The first-order valence-electron chi connectivity index (χ1n) is 6.56. The second kappa shape index (κ2) is 6.10. The van der Waals surface area contributed by atoms with E-state index in [0.29, 0.717) is 0 Å². The normalized spacial score (nSPS) is 11.8. The van der Waals surface area contributed by atoms with E-state index in [-0.39, 0.29) is 17.3 Å². The van der Waals surface area contributed by atoms with Crippen LogP contribution in [0.15, 0.2) is 48.5 Å². The van der Waals surface area contributed by atoms with Crippen molar-refractivity contribution in [2.24, 2.45) is 0 Å². The Morgan fingerprint density at radius 2 is 1.95 bits per heavy atom. The van der Waals surface area contributed by atoms with Gasteiger partial charge in [0.15, 0.2) is 0 Å². The van der Waals surface area contributed by atoms with Gasteiger partial charge < -0.3 is 16.2 Å². The molecule has 4 N–H and O–H groups in total. The van der Waals surface area contributed by atoms with Gasteiger partial charge in [-0.05, 0) is 30.2 Å². The lowest BCUT2D eigenvalue weighted by molar-refractivity contribution is 0.0698. The molecule has 0 aliphatic heterocycles. The molecule has 2 aromatic carbocycles. The van der Waals surface area contributed by atoms with Gasteiger partial charge >= 0.3 is 5.97 Å². The number of rotatable bonds is 5. The molecule has 0 aliphatic rings. The molecule has 0 aliphatic carbocycles. The lowest BCUT2D eigenvalue weighted by Crippen LogP contribution is -2.10. The topological polar surface area (TPSA) is 75.3 Å². The Morgan fingerprint density at radius 3 is 2.50 bits per heavy atom. The summed E-state index contributed by atoms with van der Waals surface area (Å²) in [4.78, 5) is 10.9. The first kappa shape index (κ1) is 13.9. The third-order valence-electron chi connectivity index (χ3n) is 3.23. The Labute approximate surface area is 118 Å². The monoisotopic (exact) mass is 270 g/mol. The molecule has 0 spiro atoms. The SMILES string of the molecule is CCC(Nc1ccc(C(=O)O)c(N)c1)c1ccccc1. The number of hydrogen-bond acceptors (Lipinski definition) is 3. The number of nitrogen functional groups attached to an aromatic ring is 1. The van der Waals surface area contributed by atoms with E-state index in [4.69, 9.17) is 10.8 Å². The predicted octanol–water partition coefficient (Wildman–Crippen LogP) is 3.53. The molecule has 0 bridgehead atoms. The summed E-state index contributed by atoms with van der Waals surface area (Å²) < 4.78 is 0. The highest BCUT2D eigenvalue weighted by molar-refractivity contribution is 5.94. The van der Waals surface area contributed by atoms with Gasteiger partial charge in [0.05, 0.1) is 11.6 Å². The van der Waals surface area contributed by atoms with Crippen LogP contribution in [0.4, 0.5) is 11.4 Å². The number of carboxylic acid groups (broad SMARTS) is 1. The maximum atomic E-state index is 10.9. The molecule has 0 radical (unpaired) electrons. The molecule has 4 nitrogen and oxygen atoms in total. The summed E-state index contributed by atoms with van der Waals surface area (Å²) in [6, 6.07) is 15.2. The molecule has 0 amide bonds. The van der Waals surface area contributed by atoms with Crippen molar-refractivity contribution < 1.29 is 9.90 Å². The molecule has 20 heavy (non-hydrogen) atoms. The molecule has 0 fully saturated rings. The molecule has 0 saturated carbocycles. The molecule has 1 atom stereocenters. The number of carboxylic acids is 1. The quantitative estimate of drug-likeness (QED) is 0.726. The number of hydrogen-bond donors (Lipinski definition) is 3. The highest BCUT2D eigenvalue weighted by Crippen LogP contribution is 2.25. The van der Waals surface area contributed by atoms with Crippen molar-refractivity contribution in [1.82, 2.24) is 0 Å². The van der Waals surface area contributed by atoms with Gasteiger partial charge in [0, 0.05) is 11.4 Å². The number of nitrogens with one attached hydrogen (secondary N) is 1. The zero-order chi connectivity index (χ0) is 14.5. The minimum atomic E-state index is -1.01. The highest BCUT2D eigenvalue weighted by atomic mass is 16.4. The smallest absolute Gasteiger partial charge is 0.337 e. The molecule has 104 valence electrons.